The molecule has 1 saturated carbocycles. The van der Waals surface area contributed by atoms with E-state index in [9.17, 15) is 9.59 Å². The topological polar surface area (TPSA) is 80.8 Å². The standard InChI is InChI=1S/C27H29N3O4S/c1-16-6-4-7-18(10-16)26-25(29-17(2)35-26)27(32)30-14-19-11-22(19)23(30)13-28-24(31)15-34-21-9-5-8-20(12-21)33-3/h4-10,12,19,22-23H,11,13-15H2,1-3H3,(H,28,31)/t19-,22?,23-/m1/s1. The Morgan fingerprint density at radius 2 is 1.94 bits per heavy atom. The second-order valence-corrected chi connectivity index (χ2v) is 10.4. The zero-order valence-electron chi connectivity index (χ0n) is 20.1. The van der Waals surface area contributed by atoms with Gasteiger partial charge in [-0.2, -0.15) is 0 Å². The minimum absolute atomic E-state index is 0.0272. The third-order valence-electron chi connectivity index (χ3n) is 6.70. The predicted octanol–water partition coefficient (Wildman–Crippen LogP) is 4.09. The minimum Gasteiger partial charge on any atom is -0.497 e. The van der Waals surface area contributed by atoms with Gasteiger partial charge in [-0.05, 0) is 49.8 Å². The Morgan fingerprint density at radius 1 is 1.14 bits per heavy atom. The van der Waals surface area contributed by atoms with E-state index in [2.05, 4.69) is 16.4 Å². The van der Waals surface area contributed by atoms with Crippen molar-refractivity contribution in [3.05, 3.63) is 64.8 Å². The Labute approximate surface area is 209 Å². The molecule has 3 aromatic rings. The molecule has 2 amide bonds. The van der Waals surface area contributed by atoms with E-state index in [0.717, 1.165) is 27.4 Å². The summed E-state index contributed by atoms with van der Waals surface area (Å²) < 4.78 is 10.8. The van der Waals surface area contributed by atoms with Gasteiger partial charge in [0.1, 0.15) is 17.2 Å². The summed E-state index contributed by atoms with van der Waals surface area (Å²) in [5, 5.41) is 3.84. The minimum atomic E-state index is -0.214. The first kappa shape index (κ1) is 23.4. The second-order valence-electron chi connectivity index (χ2n) is 9.24. The maximum atomic E-state index is 13.7. The van der Waals surface area contributed by atoms with E-state index >= 15 is 0 Å². The first-order valence-corrected chi connectivity index (χ1v) is 12.6. The molecule has 182 valence electrons. The molecule has 2 aromatic carbocycles. The molecule has 0 radical (unpaired) electrons. The monoisotopic (exact) mass is 491 g/mol. The number of benzene rings is 2. The number of aryl methyl sites for hydroxylation is 2. The summed E-state index contributed by atoms with van der Waals surface area (Å²) in [6.07, 6.45) is 1.10. The van der Waals surface area contributed by atoms with Crippen LogP contribution >= 0.6 is 11.3 Å². The van der Waals surface area contributed by atoms with Crippen molar-refractivity contribution in [3.8, 4) is 21.9 Å². The number of thiazole rings is 1. The van der Waals surface area contributed by atoms with Crippen molar-refractivity contribution in [1.82, 2.24) is 15.2 Å². The smallest absolute Gasteiger partial charge is 0.274 e. The number of piperidine rings is 1. The van der Waals surface area contributed by atoms with E-state index in [1.165, 1.54) is 0 Å². The zero-order chi connectivity index (χ0) is 24.5. The summed E-state index contributed by atoms with van der Waals surface area (Å²) >= 11 is 1.55. The number of amides is 2. The lowest BCUT2D eigenvalue weighted by Crippen LogP contribution is -2.46. The summed E-state index contributed by atoms with van der Waals surface area (Å²) in [4.78, 5) is 33.6. The van der Waals surface area contributed by atoms with Crippen LogP contribution in [0.5, 0.6) is 11.5 Å². The van der Waals surface area contributed by atoms with Gasteiger partial charge < -0.3 is 19.7 Å². The molecule has 0 spiro atoms. The van der Waals surface area contributed by atoms with Crippen LogP contribution in [0.1, 0.15) is 27.5 Å². The molecule has 1 aromatic heterocycles. The maximum Gasteiger partial charge on any atom is 0.274 e. The molecule has 1 aliphatic heterocycles. The Hall–Kier alpha value is -3.39. The number of nitrogens with zero attached hydrogens (tertiary/aromatic N) is 2. The van der Waals surface area contributed by atoms with Gasteiger partial charge >= 0.3 is 0 Å². The van der Waals surface area contributed by atoms with Crippen LogP contribution in [0.3, 0.4) is 0 Å². The van der Waals surface area contributed by atoms with Crippen LogP contribution in [-0.2, 0) is 4.79 Å². The van der Waals surface area contributed by atoms with E-state index in [-0.39, 0.29) is 24.5 Å². The first-order valence-electron chi connectivity index (χ1n) is 11.8. The number of methoxy groups -OCH3 is 1. The fraction of sp³-hybridized carbons (Fsp3) is 0.370. The van der Waals surface area contributed by atoms with E-state index < -0.39 is 0 Å². The van der Waals surface area contributed by atoms with Crippen molar-refractivity contribution in [2.24, 2.45) is 11.8 Å². The molecule has 3 atom stereocenters. The van der Waals surface area contributed by atoms with Crippen molar-refractivity contribution in [3.63, 3.8) is 0 Å². The van der Waals surface area contributed by atoms with Gasteiger partial charge in [0.05, 0.1) is 23.0 Å². The average molecular weight is 492 g/mol. The van der Waals surface area contributed by atoms with Crippen LogP contribution in [-0.4, -0.2) is 54.5 Å². The second kappa shape index (κ2) is 9.70. The van der Waals surface area contributed by atoms with Crippen molar-refractivity contribution in [2.45, 2.75) is 26.3 Å². The maximum absolute atomic E-state index is 13.7. The van der Waals surface area contributed by atoms with Crippen molar-refractivity contribution in [1.29, 1.82) is 0 Å². The number of fused-ring (bicyclic) bond motifs is 1. The highest BCUT2D eigenvalue weighted by atomic mass is 32.1. The number of carbonyl (C=O) groups is 2. The molecule has 2 heterocycles. The number of ether oxygens (including phenoxy) is 2. The number of nitrogens with one attached hydrogen (secondary N) is 1. The number of aromatic nitrogens is 1. The quantitative estimate of drug-likeness (QED) is 0.513. The largest absolute Gasteiger partial charge is 0.497 e. The van der Waals surface area contributed by atoms with Crippen LogP contribution in [0, 0.1) is 25.7 Å². The van der Waals surface area contributed by atoms with Crippen LogP contribution in [0.15, 0.2) is 48.5 Å². The van der Waals surface area contributed by atoms with Crippen molar-refractivity contribution < 1.29 is 19.1 Å². The average Bonchev–Trinajstić information content (AvgIpc) is 3.37. The fourth-order valence-corrected chi connectivity index (χ4v) is 5.77. The van der Waals surface area contributed by atoms with Gasteiger partial charge in [-0.15, -0.1) is 11.3 Å². The molecule has 5 rings (SSSR count). The molecule has 1 unspecified atom stereocenters. The van der Waals surface area contributed by atoms with Gasteiger partial charge in [-0.25, -0.2) is 4.98 Å². The number of hydrogen-bond donors (Lipinski definition) is 1. The Morgan fingerprint density at radius 3 is 2.74 bits per heavy atom. The normalized spacial score (nSPS) is 20.3. The van der Waals surface area contributed by atoms with Crippen LogP contribution < -0.4 is 14.8 Å². The number of likely N-dealkylation sites (tertiary alicyclic amines) is 1. The third-order valence-corrected chi connectivity index (χ3v) is 7.72. The molecule has 1 aliphatic carbocycles. The van der Waals surface area contributed by atoms with Gasteiger partial charge in [-0.3, -0.25) is 9.59 Å². The van der Waals surface area contributed by atoms with Crippen LogP contribution in [0.25, 0.3) is 10.4 Å². The SMILES string of the molecule is COc1cccc(OCC(=O)NC[C@@H]2C3C[C@@H]3CN2C(=O)c2nc(C)sc2-c2cccc(C)c2)c1. The lowest BCUT2D eigenvalue weighted by Gasteiger charge is -2.27. The molecule has 1 N–H and O–H groups in total. The fourth-order valence-electron chi connectivity index (χ4n) is 4.87. The lowest BCUT2D eigenvalue weighted by atomic mass is 10.1. The third kappa shape index (κ3) is 5.03. The van der Waals surface area contributed by atoms with Crippen molar-refractivity contribution in [2.75, 3.05) is 26.8 Å². The van der Waals surface area contributed by atoms with Gasteiger partial charge in [0.25, 0.3) is 11.8 Å². The zero-order valence-corrected chi connectivity index (χ0v) is 20.9. The molecule has 0 bridgehead atoms. The summed E-state index contributed by atoms with van der Waals surface area (Å²) in [6.45, 7) is 5.01. The number of carbonyl (C=O) groups excluding carboxylic acids is 2. The summed E-state index contributed by atoms with van der Waals surface area (Å²) in [5.41, 5.74) is 2.67. The van der Waals surface area contributed by atoms with Crippen LogP contribution in [0.2, 0.25) is 0 Å². The Kier molecular flexibility index (Phi) is 6.47. The molecule has 2 fully saturated rings. The Balaban J connectivity index is 1.24. The highest BCUT2D eigenvalue weighted by molar-refractivity contribution is 7.15. The number of rotatable bonds is 8. The lowest BCUT2D eigenvalue weighted by molar-refractivity contribution is -0.123. The highest BCUT2D eigenvalue weighted by Crippen LogP contribution is 2.50. The predicted molar refractivity (Wildman–Crippen MR) is 135 cm³/mol. The summed E-state index contributed by atoms with van der Waals surface area (Å²) in [7, 11) is 1.59. The van der Waals surface area contributed by atoms with Gasteiger partial charge in [-0.1, -0.05) is 35.9 Å². The van der Waals surface area contributed by atoms with Gasteiger partial charge in [0, 0.05) is 19.2 Å². The number of hydrogen-bond acceptors (Lipinski definition) is 6. The molecule has 1 saturated heterocycles. The Bertz CT molecular complexity index is 1260. The van der Waals surface area contributed by atoms with E-state index in [1.807, 2.05) is 49.1 Å². The molecule has 2 aliphatic rings. The van der Waals surface area contributed by atoms with Crippen LogP contribution in [0.4, 0.5) is 0 Å². The first-order chi connectivity index (χ1) is 16.9. The van der Waals surface area contributed by atoms with E-state index in [0.29, 0.717) is 42.1 Å². The highest BCUT2D eigenvalue weighted by Gasteiger charge is 2.54. The van der Waals surface area contributed by atoms with Gasteiger partial charge in [0.15, 0.2) is 6.61 Å². The molecule has 7 nitrogen and oxygen atoms in total. The van der Waals surface area contributed by atoms with Gasteiger partial charge in [0.2, 0.25) is 0 Å². The molecular weight excluding hydrogens is 462 g/mol. The van der Waals surface area contributed by atoms with Crippen molar-refractivity contribution >= 4 is 23.2 Å². The van der Waals surface area contributed by atoms with E-state index in [4.69, 9.17) is 9.47 Å². The molecule has 8 heteroatoms. The van der Waals surface area contributed by atoms with E-state index in [1.54, 1.807) is 30.6 Å². The summed E-state index contributed by atoms with van der Waals surface area (Å²) in [5.74, 6) is 1.92. The summed E-state index contributed by atoms with van der Waals surface area (Å²) in [6, 6.07) is 15.3. The molecule has 35 heavy (non-hydrogen) atoms. The molecular formula is C27H29N3O4S.